The zero-order valence-corrected chi connectivity index (χ0v) is 11.2. The van der Waals surface area contributed by atoms with Gasteiger partial charge in [0.15, 0.2) is 0 Å². The lowest BCUT2D eigenvalue weighted by Gasteiger charge is -2.25. The second-order valence-corrected chi connectivity index (χ2v) is 4.51. The number of aliphatic hydroxyl groups is 1. The first-order valence-electron chi connectivity index (χ1n) is 6.39. The average Bonchev–Trinajstić information content (AvgIpc) is 2.41. The van der Waals surface area contributed by atoms with Crippen molar-refractivity contribution in [2.45, 2.75) is 20.5 Å². The minimum atomic E-state index is -0.325. The molecule has 0 saturated heterocycles. The number of aliphatic hydroxyl groups excluding tert-OH is 1. The van der Waals surface area contributed by atoms with Gasteiger partial charge in [-0.2, -0.15) is 0 Å². The molecule has 0 atom stereocenters. The monoisotopic (exact) mass is 259 g/mol. The van der Waals surface area contributed by atoms with Gasteiger partial charge in [0.25, 0.3) is 0 Å². The standard InChI is InChI=1S/C16H18FNO/c1-3-18(16-7-5-4-6-12(16)2)15-9-13(11-19)8-14(17)10-15/h4-10,19H,3,11H2,1-2H3. The molecule has 0 radical (unpaired) electrons. The van der Waals surface area contributed by atoms with Crippen LogP contribution in [0.4, 0.5) is 15.8 Å². The van der Waals surface area contributed by atoms with Gasteiger partial charge >= 0.3 is 0 Å². The highest BCUT2D eigenvalue weighted by atomic mass is 19.1. The van der Waals surface area contributed by atoms with Gasteiger partial charge in [0.1, 0.15) is 5.82 Å². The predicted molar refractivity (Wildman–Crippen MR) is 76.2 cm³/mol. The molecular formula is C16H18FNO. The number of aryl methyl sites for hydroxylation is 1. The van der Waals surface area contributed by atoms with Crippen molar-refractivity contribution in [2.24, 2.45) is 0 Å². The van der Waals surface area contributed by atoms with Gasteiger partial charge in [-0.15, -0.1) is 0 Å². The van der Waals surface area contributed by atoms with Crippen LogP contribution < -0.4 is 4.90 Å². The summed E-state index contributed by atoms with van der Waals surface area (Å²) in [6.07, 6.45) is 0. The third-order valence-corrected chi connectivity index (χ3v) is 3.16. The minimum Gasteiger partial charge on any atom is -0.392 e. The Balaban J connectivity index is 2.48. The summed E-state index contributed by atoms with van der Waals surface area (Å²) in [6, 6.07) is 12.7. The van der Waals surface area contributed by atoms with Gasteiger partial charge < -0.3 is 10.0 Å². The number of hydrogen-bond acceptors (Lipinski definition) is 2. The van der Waals surface area contributed by atoms with E-state index >= 15 is 0 Å². The minimum absolute atomic E-state index is 0.157. The Morgan fingerprint density at radius 1 is 1.16 bits per heavy atom. The number of hydrogen-bond donors (Lipinski definition) is 1. The molecule has 0 spiro atoms. The van der Waals surface area contributed by atoms with E-state index in [4.69, 9.17) is 0 Å². The van der Waals surface area contributed by atoms with Crippen LogP contribution in [-0.4, -0.2) is 11.7 Å². The molecule has 0 amide bonds. The Hall–Kier alpha value is -1.87. The average molecular weight is 259 g/mol. The zero-order chi connectivity index (χ0) is 13.8. The molecule has 2 nitrogen and oxygen atoms in total. The maximum absolute atomic E-state index is 13.6. The number of para-hydroxylation sites is 1. The van der Waals surface area contributed by atoms with Crippen LogP contribution in [0.15, 0.2) is 42.5 Å². The van der Waals surface area contributed by atoms with E-state index < -0.39 is 0 Å². The summed E-state index contributed by atoms with van der Waals surface area (Å²) >= 11 is 0. The van der Waals surface area contributed by atoms with Gasteiger partial charge in [-0.05, 0) is 49.2 Å². The third-order valence-electron chi connectivity index (χ3n) is 3.16. The number of anilines is 2. The largest absolute Gasteiger partial charge is 0.392 e. The molecule has 0 aliphatic rings. The normalized spacial score (nSPS) is 10.5. The number of benzene rings is 2. The van der Waals surface area contributed by atoms with Gasteiger partial charge in [-0.3, -0.25) is 0 Å². The van der Waals surface area contributed by atoms with Gasteiger partial charge in [0, 0.05) is 17.9 Å². The summed E-state index contributed by atoms with van der Waals surface area (Å²) in [5, 5.41) is 9.18. The van der Waals surface area contributed by atoms with Gasteiger partial charge in [-0.1, -0.05) is 18.2 Å². The van der Waals surface area contributed by atoms with Gasteiger partial charge in [-0.25, -0.2) is 4.39 Å². The molecule has 100 valence electrons. The Bertz CT molecular complexity index is 568. The number of rotatable bonds is 4. The van der Waals surface area contributed by atoms with E-state index in [1.54, 1.807) is 0 Å². The molecule has 2 aromatic rings. The Morgan fingerprint density at radius 3 is 2.53 bits per heavy atom. The van der Waals surface area contributed by atoms with Crippen LogP contribution >= 0.6 is 0 Å². The molecule has 0 saturated carbocycles. The highest BCUT2D eigenvalue weighted by Crippen LogP contribution is 2.29. The van der Waals surface area contributed by atoms with Crippen molar-refractivity contribution in [3.05, 3.63) is 59.4 Å². The summed E-state index contributed by atoms with van der Waals surface area (Å²) in [6.45, 7) is 4.63. The molecule has 0 aromatic heterocycles. The van der Waals surface area contributed by atoms with Crippen LogP contribution in [0, 0.1) is 12.7 Å². The third kappa shape index (κ3) is 2.93. The van der Waals surface area contributed by atoms with Crippen molar-refractivity contribution in [1.82, 2.24) is 0 Å². The maximum atomic E-state index is 13.6. The number of nitrogens with zero attached hydrogens (tertiary/aromatic N) is 1. The Labute approximate surface area is 113 Å². The quantitative estimate of drug-likeness (QED) is 0.903. The van der Waals surface area contributed by atoms with Gasteiger partial charge in [0.05, 0.1) is 6.61 Å². The lowest BCUT2D eigenvalue weighted by Crippen LogP contribution is -2.17. The highest BCUT2D eigenvalue weighted by Gasteiger charge is 2.11. The summed E-state index contributed by atoms with van der Waals surface area (Å²) in [5.41, 5.74) is 3.54. The van der Waals surface area contributed by atoms with Crippen LogP contribution in [0.25, 0.3) is 0 Å². The summed E-state index contributed by atoms with van der Waals surface area (Å²) < 4.78 is 13.6. The van der Waals surface area contributed by atoms with Crippen molar-refractivity contribution >= 4 is 11.4 Å². The van der Waals surface area contributed by atoms with Crippen LogP contribution in [0.5, 0.6) is 0 Å². The second-order valence-electron chi connectivity index (χ2n) is 4.51. The molecule has 0 fully saturated rings. The van der Waals surface area contributed by atoms with Crippen molar-refractivity contribution in [3.8, 4) is 0 Å². The Morgan fingerprint density at radius 2 is 1.89 bits per heavy atom. The molecule has 0 aliphatic heterocycles. The topological polar surface area (TPSA) is 23.5 Å². The van der Waals surface area contributed by atoms with Crippen LogP contribution in [0.1, 0.15) is 18.1 Å². The Kier molecular flexibility index (Phi) is 4.17. The lowest BCUT2D eigenvalue weighted by molar-refractivity contribution is 0.281. The first-order chi connectivity index (χ1) is 9.15. The fourth-order valence-corrected chi connectivity index (χ4v) is 2.24. The first-order valence-corrected chi connectivity index (χ1v) is 6.39. The zero-order valence-electron chi connectivity index (χ0n) is 11.2. The first kappa shape index (κ1) is 13.6. The molecular weight excluding hydrogens is 241 g/mol. The van der Waals surface area contributed by atoms with Crippen LogP contribution in [0.2, 0.25) is 0 Å². The predicted octanol–water partition coefficient (Wildman–Crippen LogP) is 3.78. The number of halogens is 1. The van der Waals surface area contributed by atoms with Crippen LogP contribution in [0.3, 0.4) is 0 Å². The molecule has 3 heteroatoms. The summed E-state index contributed by atoms with van der Waals surface area (Å²) in [5.74, 6) is -0.325. The van der Waals surface area contributed by atoms with E-state index in [9.17, 15) is 9.50 Å². The summed E-state index contributed by atoms with van der Waals surface area (Å²) in [4.78, 5) is 2.04. The molecule has 1 N–H and O–H groups in total. The van der Waals surface area contributed by atoms with E-state index in [0.29, 0.717) is 5.56 Å². The molecule has 0 heterocycles. The maximum Gasteiger partial charge on any atom is 0.125 e. The molecule has 0 unspecified atom stereocenters. The van der Waals surface area contributed by atoms with Crippen LogP contribution in [-0.2, 0) is 6.61 Å². The van der Waals surface area contributed by atoms with Crippen molar-refractivity contribution in [2.75, 3.05) is 11.4 Å². The fourth-order valence-electron chi connectivity index (χ4n) is 2.24. The second kappa shape index (κ2) is 5.85. The molecule has 0 bridgehead atoms. The van der Waals surface area contributed by atoms with Crippen molar-refractivity contribution in [3.63, 3.8) is 0 Å². The van der Waals surface area contributed by atoms with Gasteiger partial charge in [0.2, 0.25) is 0 Å². The van der Waals surface area contributed by atoms with E-state index in [2.05, 4.69) is 0 Å². The van der Waals surface area contributed by atoms with E-state index in [1.165, 1.54) is 12.1 Å². The van der Waals surface area contributed by atoms with E-state index in [-0.39, 0.29) is 12.4 Å². The van der Waals surface area contributed by atoms with E-state index in [1.807, 2.05) is 49.1 Å². The lowest BCUT2D eigenvalue weighted by atomic mass is 10.1. The summed E-state index contributed by atoms with van der Waals surface area (Å²) in [7, 11) is 0. The molecule has 0 aliphatic carbocycles. The molecule has 2 rings (SSSR count). The van der Waals surface area contributed by atoms with E-state index in [0.717, 1.165) is 23.5 Å². The highest BCUT2D eigenvalue weighted by molar-refractivity contribution is 5.66. The van der Waals surface area contributed by atoms with Crippen molar-refractivity contribution in [1.29, 1.82) is 0 Å². The SMILES string of the molecule is CCN(c1cc(F)cc(CO)c1)c1ccccc1C. The molecule has 2 aromatic carbocycles. The fraction of sp³-hybridized carbons (Fsp3) is 0.250. The smallest absolute Gasteiger partial charge is 0.125 e. The van der Waals surface area contributed by atoms with Crippen molar-refractivity contribution < 1.29 is 9.50 Å². The molecule has 19 heavy (non-hydrogen) atoms.